The van der Waals surface area contributed by atoms with Crippen LogP contribution < -0.4 is 15.4 Å². The van der Waals surface area contributed by atoms with E-state index in [9.17, 15) is 9.59 Å². The Labute approximate surface area is 171 Å². The molecule has 2 aromatic rings. The summed E-state index contributed by atoms with van der Waals surface area (Å²) in [6, 6.07) is 14.0. The SMILES string of the molecule is CCCCOc1cccc(C(=O)Nc2ccc(C(=O)NCC3CCCO3)cc2)c1. The van der Waals surface area contributed by atoms with Gasteiger partial charge in [-0.1, -0.05) is 19.4 Å². The average molecular weight is 396 g/mol. The topological polar surface area (TPSA) is 76.7 Å². The van der Waals surface area contributed by atoms with E-state index < -0.39 is 0 Å². The Bertz CT molecular complexity index is 814. The van der Waals surface area contributed by atoms with Crippen LogP contribution >= 0.6 is 0 Å². The van der Waals surface area contributed by atoms with Gasteiger partial charge in [-0.15, -0.1) is 0 Å². The summed E-state index contributed by atoms with van der Waals surface area (Å²) in [6.07, 6.45) is 4.17. The first kappa shape index (κ1) is 20.9. The predicted molar refractivity (Wildman–Crippen MR) is 113 cm³/mol. The van der Waals surface area contributed by atoms with Gasteiger partial charge in [0, 0.05) is 30.0 Å². The number of carbonyl (C=O) groups excluding carboxylic acids is 2. The van der Waals surface area contributed by atoms with Crippen LogP contribution in [0.3, 0.4) is 0 Å². The fourth-order valence-corrected chi connectivity index (χ4v) is 3.08. The summed E-state index contributed by atoms with van der Waals surface area (Å²) in [4.78, 5) is 24.7. The summed E-state index contributed by atoms with van der Waals surface area (Å²) >= 11 is 0. The Balaban J connectivity index is 1.52. The highest BCUT2D eigenvalue weighted by Crippen LogP contribution is 2.17. The van der Waals surface area contributed by atoms with Crippen molar-refractivity contribution in [3.8, 4) is 5.75 Å². The van der Waals surface area contributed by atoms with Crippen LogP contribution in [0.5, 0.6) is 5.75 Å². The molecule has 1 aliphatic rings. The molecule has 1 unspecified atom stereocenters. The highest BCUT2D eigenvalue weighted by Gasteiger charge is 2.16. The maximum absolute atomic E-state index is 12.5. The summed E-state index contributed by atoms with van der Waals surface area (Å²) in [6.45, 7) is 4.03. The average Bonchev–Trinajstić information content (AvgIpc) is 3.27. The molecular weight excluding hydrogens is 368 g/mol. The van der Waals surface area contributed by atoms with Crippen molar-refractivity contribution in [2.24, 2.45) is 0 Å². The number of amides is 2. The summed E-state index contributed by atoms with van der Waals surface area (Å²) in [5.41, 5.74) is 1.70. The van der Waals surface area contributed by atoms with E-state index in [1.165, 1.54) is 0 Å². The lowest BCUT2D eigenvalue weighted by atomic mass is 10.1. The number of benzene rings is 2. The fraction of sp³-hybridized carbons (Fsp3) is 0.391. The molecule has 3 rings (SSSR count). The van der Waals surface area contributed by atoms with Gasteiger partial charge < -0.3 is 20.1 Å². The Kier molecular flexibility index (Phi) is 7.64. The lowest BCUT2D eigenvalue weighted by Crippen LogP contribution is -2.31. The predicted octanol–water partition coefficient (Wildman–Crippen LogP) is 4.03. The van der Waals surface area contributed by atoms with Gasteiger partial charge >= 0.3 is 0 Å². The van der Waals surface area contributed by atoms with Crippen LogP contribution in [0.4, 0.5) is 5.69 Å². The van der Waals surface area contributed by atoms with Gasteiger partial charge in [0.05, 0.1) is 12.7 Å². The second kappa shape index (κ2) is 10.6. The monoisotopic (exact) mass is 396 g/mol. The number of ether oxygens (including phenoxy) is 2. The van der Waals surface area contributed by atoms with E-state index in [2.05, 4.69) is 17.6 Å². The Morgan fingerprint density at radius 3 is 2.66 bits per heavy atom. The zero-order chi connectivity index (χ0) is 20.5. The quantitative estimate of drug-likeness (QED) is 0.628. The van der Waals surface area contributed by atoms with Crippen molar-refractivity contribution < 1.29 is 19.1 Å². The maximum atomic E-state index is 12.5. The van der Waals surface area contributed by atoms with Gasteiger partial charge in [0.2, 0.25) is 0 Å². The molecule has 6 heteroatoms. The molecule has 1 saturated heterocycles. The number of hydrogen-bond acceptors (Lipinski definition) is 4. The first-order valence-corrected chi connectivity index (χ1v) is 10.2. The third-order valence-electron chi connectivity index (χ3n) is 4.78. The Hall–Kier alpha value is -2.86. The summed E-state index contributed by atoms with van der Waals surface area (Å²) < 4.78 is 11.2. The lowest BCUT2D eigenvalue weighted by Gasteiger charge is -2.11. The van der Waals surface area contributed by atoms with Crippen LogP contribution in [0.1, 0.15) is 53.3 Å². The van der Waals surface area contributed by atoms with Crippen LogP contribution in [0.2, 0.25) is 0 Å². The minimum Gasteiger partial charge on any atom is -0.494 e. The third kappa shape index (κ3) is 6.32. The molecule has 0 bridgehead atoms. The van der Waals surface area contributed by atoms with Crippen LogP contribution in [0, 0.1) is 0 Å². The summed E-state index contributed by atoms with van der Waals surface area (Å²) in [5, 5.41) is 5.74. The fourth-order valence-electron chi connectivity index (χ4n) is 3.08. The van der Waals surface area contributed by atoms with Crippen molar-refractivity contribution in [3.63, 3.8) is 0 Å². The number of rotatable bonds is 9. The zero-order valence-corrected chi connectivity index (χ0v) is 16.8. The first-order chi connectivity index (χ1) is 14.2. The number of hydrogen-bond donors (Lipinski definition) is 2. The molecule has 1 atom stereocenters. The van der Waals surface area contributed by atoms with E-state index in [4.69, 9.17) is 9.47 Å². The molecule has 1 heterocycles. The molecule has 1 aliphatic heterocycles. The maximum Gasteiger partial charge on any atom is 0.255 e. The van der Waals surface area contributed by atoms with Crippen molar-refractivity contribution in [1.82, 2.24) is 5.32 Å². The van der Waals surface area contributed by atoms with Crippen LogP contribution in [-0.2, 0) is 4.74 Å². The molecule has 2 aromatic carbocycles. The lowest BCUT2D eigenvalue weighted by molar-refractivity contribution is 0.0857. The first-order valence-electron chi connectivity index (χ1n) is 10.2. The van der Waals surface area contributed by atoms with E-state index in [1.54, 1.807) is 42.5 Å². The molecule has 1 fully saturated rings. The van der Waals surface area contributed by atoms with Gasteiger partial charge in [-0.25, -0.2) is 0 Å². The molecule has 0 spiro atoms. The van der Waals surface area contributed by atoms with Crippen LogP contribution in [0.15, 0.2) is 48.5 Å². The second-order valence-corrected chi connectivity index (χ2v) is 7.11. The van der Waals surface area contributed by atoms with Gasteiger partial charge in [0.1, 0.15) is 5.75 Å². The Morgan fingerprint density at radius 2 is 1.93 bits per heavy atom. The smallest absolute Gasteiger partial charge is 0.255 e. The van der Waals surface area contributed by atoms with E-state index in [0.717, 1.165) is 32.3 Å². The third-order valence-corrected chi connectivity index (χ3v) is 4.78. The normalized spacial score (nSPS) is 15.7. The number of nitrogens with one attached hydrogen (secondary N) is 2. The van der Waals surface area contributed by atoms with Gasteiger partial charge in [0.25, 0.3) is 11.8 Å². The standard InChI is InChI=1S/C23H28N2O4/c1-2-3-13-28-20-7-4-6-18(15-20)23(27)25-19-11-9-17(10-12-19)22(26)24-16-21-8-5-14-29-21/h4,6-7,9-12,15,21H,2-3,5,8,13-14,16H2,1H3,(H,24,26)(H,25,27). The van der Waals surface area contributed by atoms with Crippen molar-refractivity contribution in [3.05, 3.63) is 59.7 Å². The van der Waals surface area contributed by atoms with Gasteiger partial charge in [-0.3, -0.25) is 9.59 Å². The molecule has 154 valence electrons. The largest absolute Gasteiger partial charge is 0.494 e. The summed E-state index contributed by atoms with van der Waals surface area (Å²) in [5.74, 6) is 0.321. The molecule has 0 aromatic heterocycles. The molecule has 6 nitrogen and oxygen atoms in total. The number of unbranched alkanes of at least 4 members (excludes halogenated alkanes) is 1. The zero-order valence-electron chi connectivity index (χ0n) is 16.8. The highest BCUT2D eigenvalue weighted by molar-refractivity contribution is 6.04. The Morgan fingerprint density at radius 1 is 1.10 bits per heavy atom. The van der Waals surface area contributed by atoms with Crippen molar-refractivity contribution in [2.45, 2.75) is 38.7 Å². The van der Waals surface area contributed by atoms with Crippen molar-refractivity contribution in [2.75, 3.05) is 25.1 Å². The molecule has 0 saturated carbocycles. The molecule has 0 aliphatic carbocycles. The number of anilines is 1. The van der Waals surface area contributed by atoms with E-state index in [-0.39, 0.29) is 17.9 Å². The molecular formula is C23H28N2O4. The molecule has 29 heavy (non-hydrogen) atoms. The molecule has 2 N–H and O–H groups in total. The minimum absolute atomic E-state index is 0.110. The van der Waals surface area contributed by atoms with E-state index in [1.807, 2.05) is 6.07 Å². The molecule has 2 amide bonds. The van der Waals surface area contributed by atoms with Crippen molar-refractivity contribution >= 4 is 17.5 Å². The highest BCUT2D eigenvalue weighted by atomic mass is 16.5. The van der Waals surface area contributed by atoms with Crippen LogP contribution in [-0.4, -0.2) is 37.7 Å². The molecule has 0 radical (unpaired) electrons. The van der Waals surface area contributed by atoms with Gasteiger partial charge in [-0.2, -0.15) is 0 Å². The van der Waals surface area contributed by atoms with Gasteiger partial charge in [0.15, 0.2) is 0 Å². The second-order valence-electron chi connectivity index (χ2n) is 7.11. The minimum atomic E-state index is -0.221. The van der Waals surface area contributed by atoms with Gasteiger partial charge in [-0.05, 0) is 61.7 Å². The summed E-state index contributed by atoms with van der Waals surface area (Å²) in [7, 11) is 0. The number of carbonyl (C=O) groups is 2. The van der Waals surface area contributed by atoms with Crippen molar-refractivity contribution in [1.29, 1.82) is 0 Å². The van der Waals surface area contributed by atoms with Crippen LogP contribution in [0.25, 0.3) is 0 Å². The van der Waals surface area contributed by atoms with E-state index >= 15 is 0 Å². The van der Waals surface area contributed by atoms with E-state index in [0.29, 0.717) is 35.7 Å².